The molecular formula is C16H30. The first-order valence-corrected chi connectivity index (χ1v) is 6.44. The molecule has 0 nitrogen and oxygen atoms in total. The van der Waals surface area contributed by atoms with Crippen molar-refractivity contribution in [2.24, 2.45) is 0 Å². The van der Waals surface area contributed by atoms with Gasteiger partial charge in [-0.05, 0) is 24.0 Å². The Labute approximate surface area is 103 Å². The van der Waals surface area contributed by atoms with Crippen LogP contribution < -0.4 is 0 Å². The van der Waals surface area contributed by atoms with Crippen LogP contribution in [0.15, 0.2) is 48.6 Å². The van der Waals surface area contributed by atoms with Gasteiger partial charge in [-0.15, -0.1) is 0 Å². The van der Waals surface area contributed by atoms with Crippen LogP contribution in [-0.4, -0.2) is 0 Å². The normalized spacial score (nSPS) is 10.4. The summed E-state index contributed by atoms with van der Waals surface area (Å²) in [6.07, 6.45) is 10.0. The first-order chi connectivity index (χ1) is 7.79. The van der Waals surface area contributed by atoms with Gasteiger partial charge in [-0.2, -0.15) is 0 Å². The monoisotopic (exact) mass is 222 g/mol. The van der Waals surface area contributed by atoms with Gasteiger partial charge in [-0.1, -0.05) is 79.0 Å². The molecule has 16 heavy (non-hydrogen) atoms. The van der Waals surface area contributed by atoms with E-state index in [-0.39, 0.29) is 0 Å². The molecule has 0 aromatic rings. The summed E-state index contributed by atoms with van der Waals surface area (Å²) in [6.45, 7) is 19.7. The topological polar surface area (TPSA) is 0 Å². The Balaban J connectivity index is -0.000000376. The Hall–Kier alpha value is -1.04. The van der Waals surface area contributed by atoms with Gasteiger partial charge in [0.2, 0.25) is 0 Å². The predicted octanol–water partition coefficient (Wildman–Crippen LogP) is 6.08. The van der Waals surface area contributed by atoms with E-state index in [2.05, 4.69) is 33.1 Å². The molecule has 0 rings (SSSR count). The molecule has 0 aromatic heterocycles. The lowest BCUT2D eigenvalue weighted by molar-refractivity contribution is 1.08. The highest BCUT2D eigenvalue weighted by Crippen LogP contribution is 2.15. The van der Waals surface area contributed by atoms with Gasteiger partial charge in [0.05, 0.1) is 0 Å². The SMILES string of the molecule is C=C/C=C(C=C)\C(=C/CC)CC.CC.CC. The Morgan fingerprint density at radius 1 is 1.00 bits per heavy atom. The fraction of sp³-hybridized carbons (Fsp3) is 0.500. The van der Waals surface area contributed by atoms with Crippen molar-refractivity contribution in [2.75, 3.05) is 0 Å². The molecule has 0 aliphatic rings. The maximum absolute atomic E-state index is 3.77. The Morgan fingerprint density at radius 2 is 1.50 bits per heavy atom. The second-order valence-corrected chi connectivity index (χ2v) is 2.55. The smallest absolute Gasteiger partial charge is 0.0234 e. The average molecular weight is 222 g/mol. The lowest BCUT2D eigenvalue weighted by Crippen LogP contribution is -1.84. The van der Waals surface area contributed by atoms with E-state index < -0.39 is 0 Å². The van der Waals surface area contributed by atoms with E-state index in [9.17, 15) is 0 Å². The summed E-state index contributed by atoms with van der Waals surface area (Å²) in [7, 11) is 0. The van der Waals surface area contributed by atoms with Crippen molar-refractivity contribution in [3.63, 3.8) is 0 Å². The van der Waals surface area contributed by atoms with Crippen LogP contribution in [0.25, 0.3) is 0 Å². The molecule has 0 saturated heterocycles. The van der Waals surface area contributed by atoms with Crippen molar-refractivity contribution >= 4 is 0 Å². The van der Waals surface area contributed by atoms with E-state index >= 15 is 0 Å². The maximum atomic E-state index is 3.77. The average Bonchev–Trinajstić information content (AvgIpc) is 2.38. The highest BCUT2D eigenvalue weighted by atomic mass is 14.0. The Morgan fingerprint density at radius 3 is 1.75 bits per heavy atom. The lowest BCUT2D eigenvalue weighted by Gasteiger charge is -2.03. The minimum Gasteiger partial charge on any atom is -0.0990 e. The molecule has 0 unspecified atom stereocenters. The molecule has 0 heteroatoms. The van der Waals surface area contributed by atoms with Gasteiger partial charge < -0.3 is 0 Å². The summed E-state index contributed by atoms with van der Waals surface area (Å²) in [6, 6.07) is 0. The summed E-state index contributed by atoms with van der Waals surface area (Å²) in [5.74, 6) is 0. The minimum absolute atomic E-state index is 1.06. The van der Waals surface area contributed by atoms with Gasteiger partial charge in [0.1, 0.15) is 0 Å². The summed E-state index contributed by atoms with van der Waals surface area (Å²) >= 11 is 0. The fourth-order valence-electron chi connectivity index (χ4n) is 1.15. The van der Waals surface area contributed by atoms with Crippen molar-refractivity contribution in [3.05, 3.63) is 48.6 Å². The van der Waals surface area contributed by atoms with Crippen molar-refractivity contribution in [1.82, 2.24) is 0 Å². The lowest BCUT2D eigenvalue weighted by atomic mass is 10.0. The van der Waals surface area contributed by atoms with Crippen LogP contribution in [0.4, 0.5) is 0 Å². The fourth-order valence-corrected chi connectivity index (χ4v) is 1.15. The molecule has 0 atom stereocenters. The first-order valence-electron chi connectivity index (χ1n) is 6.44. The Bertz CT molecular complexity index is 204. The van der Waals surface area contributed by atoms with E-state index in [1.54, 1.807) is 6.08 Å². The molecule has 0 bridgehead atoms. The van der Waals surface area contributed by atoms with Crippen molar-refractivity contribution in [2.45, 2.75) is 54.4 Å². The second kappa shape index (κ2) is 19.5. The molecule has 0 aromatic carbocycles. The van der Waals surface area contributed by atoms with Crippen LogP contribution >= 0.6 is 0 Å². The number of rotatable bonds is 5. The zero-order valence-corrected chi connectivity index (χ0v) is 12.1. The zero-order chi connectivity index (χ0) is 13.4. The van der Waals surface area contributed by atoms with Gasteiger partial charge in [0.15, 0.2) is 0 Å². The molecule has 0 radical (unpaired) electrons. The van der Waals surface area contributed by atoms with Crippen LogP contribution in [0.5, 0.6) is 0 Å². The van der Waals surface area contributed by atoms with Crippen LogP contribution in [0.2, 0.25) is 0 Å². The molecule has 0 aliphatic heterocycles. The highest BCUT2D eigenvalue weighted by Gasteiger charge is 1.95. The summed E-state index contributed by atoms with van der Waals surface area (Å²) < 4.78 is 0. The summed E-state index contributed by atoms with van der Waals surface area (Å²) in [5, 5.41) is 0. The largest absolute Gasteiger partial charge is 0.0990 e. The van der Waals surface area contributed by atoms with E-state index in [0.717, 1.165) is 12.8 Å². The van der Waals surface area contributed by atoms with Crippen molar-refractivity contribution in [3.8, 4) is 0 Å². The predicted molar refractivity (Wildman–Crippen MR) is 79.8 cm³/mol. The molecule has 94 valence electrons. The third-order valence-electron chi connectivity index (χ3n) is 1.72. The molecule has 0 N–H and O–H groups in total. The van der Waals surface area contributed by atoms with E-state index in [1.165, 1.54) is 11.1 Å². The quantitative estimate of drug-likeness (QED) is 0.494. The van der Waals surface area contributed by atoms with Crippen LogP contribution in [0.1, 0.15) is 54.4 Å². The van der Waals surface area contributed by atoms with Crippen LogP contribution in [0, 0.1) is 0 Å². The number of allylic oxidation sites excluding steroid dienone is 6. The van der Waals surface area contributed by atoms with Crippen LogP contribution in [-0.2, 0) is 0 Å². The van der Waals surface area contributed by atoms with Gasteiger partial charge in [0, 0.05) is 0 Å². The summed E-state index contributed by atoms with van der Waals surface area (Å²) in [4.78, 5) is 0. The molecular weight excluding hydrogens is 192 g/mol. The molecule has 0 heterocycles. The number of hydrogen-bond donors (Lipinski definition) is 0. The van der Waals surface area contributed by atoms with Gasteiger partial charge >= 0.3 is 0 Å². The van der Waals surface area contributed by atoms with Gasteiger partial charge in [-0.25, -0.2) is 0 Å². The molecule has 0 amide bonds. The van der Waals surface area contributed by atoms with E-state index in [4.69, 9.17) is 0 Å². The molecule has 0 spiro atoms. The minimum atomic E-state index is 1.06. The summed E-state index contributed by atoms with van der Waals surface area (Å²) in [5.41, 5.74) is 2.54. The zero-order valence-electron chi connectivity index (χ0n) is 12.1. The first kappa shape index (κ1) is 20.4. The van der Waals surface area contributed by atoms with Crippen molar-refractivity contribution < 1.29 is 0 Å². The molecule has 0 fully saturated rings. The van der Waals surface area contributed by atoms with Crippen LogP contribution in [0.3, 0.4) is 0 Å². The third kappa shape index (κ3) is 11.0. The van der Waals surface area contributed by atoms with E-state index in [1.807, 2.05) is 39.8 Å². The molecule has 0 saturated carbocycles. The standard InChI is InChI=1S/C12H18.2C2H6/c1-5-9-11(7-3)12(8-4)10-6-2;2*1-2/h5,7,9-10H,1,3,6,8H2,2,4H3;2*1-2H3/b11-9-,12-10-;;. The highest BCUT2D eigenvalue weighted by molar-refractivity contribution is 5.40. The van der Waals surface area contributed by atoms with Gasteiger partial charge in [-0.3, -0.25) is 0 Å². The third-order valence-corrected chi connectivity index (χ3v) is 1.72. The van der Waals surface area contributed by atoms with Crippen molar-refractivity contribution in [1.29, 1.82) is 0 Å². The number of hydrogen-bond acceptors (Lipinski definition) is 0. The van der Waals surface area contributed by atoms with Gasteiger partial charge in [0.25, 0.3) is 0 Å². The molecule has 0 aliphatic carbocycles. The Kier molecular flexibility index (Phi) is 24.9. The maximum Gasteiger partial charge on any atom is -0.0234 e. The van der Waals surface area contributed by atoms with E-state index in [0.29, 0.717) is 0 Å². The second-order valence-electron chi connectivity index (χ2n) is 2.55.